The van der Waals surface area contributed by atoms with Gasteiger partial charge in [0.1, 0.15) is 0 Å². The van der Waals surface area contributed by atoms with Crippen LogP contribution in [-0.2, 0) is 16.1 Å². The van der Waals surface area contributed by atoms with Crippen LogP contribution >= 0.6 is 0 Å². The number of anilines is 2. The van der Waals surface area contributed by atoms with Gasteiger partial charge < -0.3 is 20.3 Å². The first-order valence-electron chi connectivity index (χ1n) is 9.04. The van der Waals surface area contributed by atoms with E-state index in [1.165, 1.54) is 6.92 Å². The van der Waals surface area contributed by atoms with Gasteiger partial charge in [-0.05, 0) is 42.7 Å². The van der Waals surface area contributed by atoms with Gasteiger partial charge >= 0.3 is 6.03 Å². The van der Waals surface area contributed by atoms with Gasteiger partial charge in [0.2, 0.25) is 5.91 Å². The van der Waals surface area contributed by atoms with Crippen molar-refractivity contribution in [3.8, 4) is 0 Å². The summed E-state index contributed by atoms with van der Waals surface area (Å²) in [5, 5.41) is 5.62. The van der Waals surface area contributed by atoms with Crippen LogP contribution in [0.4, 0.5) is 16.2 Å². The second-order valence-corrected chi connectivity index (χ2v) is 6.57. The zero-order valence-electron chi connectivity index (χ0n) is 15.4. The number of rotatable bonds is 6. The van der Waals surface area contributed by atoms with E-state index in [0.717, 1.165) is 25.0 Å². The van der Waals surface area contributed by atoms with Crippen LogP contribution < -0.4 is 10.6 Å². The summed E-state index contributed by atoms with van der Waals surface area (Å²) in [4.78, 5) is 30.0. The van der Waals surface area contributed by atoms with Crippen molar-refractivity contribution in [2.24, 2.45) is 0 Å². The van der Waals surface area contributed by atoms with Crippen LogP contribution in [0.25, 0.3) is 0 Å². The molecular weight excluding hydrogens is 344 g/mol. The van der Waals surface area contributed by atoms with Gasteiger partial charge in [-0.3, -0.25) is 9.78 Å². The molecule has 0 saturated carbocycles. The Bertz CT molecular complexity index is 776. The molecule has 1 aromatic carbocycles. The van der Waals surface area contributed by atoms with Gasteiger partial charge in [-0.25, -0.2) is 4.79 Å². The van der Waals surface area contributed by atoms with Crippen molar-refractivity contribution in [3.05, 3.63) is 54.4 Å². The van der Waals surface area contributed by atoms with Crippen LogP contribution in [0, 0.1) is 0 Å². The van der Waals surface area contributed by atoms with Crippen molar-refractivity contribution >= 4 is 23.3 Å². The van der Waals surface area contributed by atoms with Crippen molar-refractivity contribution in [2.75, 3.05) is 23.8 Å². The first kappa shape index (κ1) is 18.8. The lowest BCUT2D eigenvalue weighted by molar-refractivity contribution is -0.114. The van der Waals surface area contributed by atoms with Crippen molar-refractivity contribution < 1.29 is 14.3 Å². The normalized spacial score (nSPS) is 16.0. The first-order chi connectivity index (χ1) is 13.1. The minimum absolute atomic E-state index is 0.0538. The van der Waals surface area contributed by atoms with Crippen LogP contribution in [0.5, 0.6) is 0 Å². The first-order valence-corrected chi connectivity index (χ1v) is 9.04. The number of ether oxygens (including phenoxy) is 1. The topological polar surface area (TPSA) is 83.6 Å². The monoisotopic (exact) mass is 368 g/mol. The Morgan fingerprint density at radius 1 is 1.22 bits per heavy atom. The standard InChI is InChI=1S/C20H24N4O3/c1-15(25)22-17-6-2-7-18(11-17)23-20(26)24(14-19-8-4-10-27-19)13-16-5-3-9-21-12-16/h2-3,5-7,9,11-12,19H,4,8,10,13-14H2,1H3,(H,22,25)(H,23,26). The SMILES string of the molecule is CC(=O)Nc1cccc(NC(=O)N(Cc2cccnc2)CC2CCCO2)c1. The summed E-state index contributed by atoms with van der Waals surface area (Å²) in [6.07, 6.45) is 5.49. The highest BCUT2D eigenvalue weighted by atomic mass is 16.5. The lowest BCUT2D eigenvalue weighted by Gasteiger charge is -2.26. The number of aromatic nitrogens is 1. The van der Waals surface area contributed by atoms with E-state index in [-0.39, 0.29) is 18.0 Å². The summed E-state index contributed by atoms with van der Waals surface area (Å²) < 4.78 is 5.70. The number of carbonyl (C=O) groups excluding carboxylic acids is 2. The summed E-state index contributed by atoms with van der Waals surface area (Å²) in [7, 11) is 0. The minimum atomic E-state index is -0.214. The molecule has 2 heterocycles. The fraction of sp³-hybridized carbons (Fsp3) is 0.350. The molecule has 1 fully saturated rings. The molecule has 1 aliphatic heterocycles. The number of benzene rings is 1. The van der Waals surface area contributed by atoms with Crippen molar-refractivity contribution in [2.45, 2.75) is 32.4 Å². The third-order valence-corrected chi connectivity index (χ3v) is 4.27. The predicted molar refractivity (Wildman–Crippen MR) is 103 cm³/mol. The zero-order valence-corrected chi connectivity index (χ0v) is 15.4. The summed E-state index contributed by atoms with van der Waals surface area (Å²) in [6.45, 7) is 3.16. The number of hydrogen-bond acceptors (Lipinski definition) is 4. The zero-order chi connectivity index (χ0) is 19.1. The smallest absolute Gasteiger partial charge is 0.322 e. The van der Waals surface area contributed by atoms with Crippen molar-refractivity contribution in [1.29, 1.82) is 0 Å². The van der Waals surface area contributed by atoms with Gasteiger partial charge in [-0.2, -0.15) is 0 Å². The van der Waals surface area contributed by atoms with Crippen LogP contribution in [0.15, 0.2) is 48.8 Å². The minimum Gasteiger partial charge on any atom is -0.376 e. The Labute approximate surface area is 158 Å². The average molecular weight is 368 g/mol. The molecule has 0 aliphatic carbocycles. The largest absolute Gasteiger partial charge is 0.376 e. The molecule has 2 N–H and O–H groups in total. The molecule has 1 aliphatic rings. The Morgan fingerprint density at radius 2 is 2.04 bits per heavy atom. The van der Waals surface area contributed by atoms with E-state index >= 15 is 0 Å². The molecule has 142 valence electrons. The second-order valence-electron chi connectivity index (χ2n) is 6.57. The Hall–Kier alpha value is -2.93. The van der Waals surface area contributed by atoms with E-state index in [9.17, 15) is 9.59 Å². The molecule has 1 atom stereocenters. The van der Waals surface area contributed by atoms with Gasteiger partial charge in [0.05, 0.1) is 6.10 Å². The van der Waals surface area contributed by atoms with E-state index in [0.29, 0.717) is 24.5 Å². The van der Waals surface area contributed by atoms with Gasteiger partial charge in [0.25, 0.3) is 0 Å². The maximum atomic E-state index is 12.9. The number of nitrogens with one attached hydrogen (secondary N) is 2. The summed E-state index contributed by atoms with van der Waals surface area (Å²) in [6, 6.07) is 10.7. The maximum absolute atomic E-state index is 12.9. The fourth-order valence-corrected chi connectivity index (χ4v) is 3.05. The van der Waals surface area contributed by atoms with E-state index in [4.69, 9.17) is 4.74 Å². The molecule has 7 nitrogen and oxygen atoms in total. The lowest BCUT2D eigenvalue weighted by Crippen LogP contribution is -2.39. The molecule has 0 spiro atoms. The highest BCUT2D eigenvalue weighted by molar-refractivity contribution is 5.92. The summed E-state index contributed by atoms with van der Waals surface area (Å²) >= 11 is 0. The van der Waals surface area contributed by atoms with Gasteiger partial charge in [-0.15, -0.1) is 0 Å². The van der Waals surface area contributed by atoms with E-state index in [1.807, 2.05) is 12.1 Å². The average Bonchev–Trinajstić information content (AvgIpc) is 3.15. The Balaban J connectivity index is 1.70. The van der Waals surface area contributed by atoms with Crippen LogP contribution in [0.3, 0.4) is 0 Å². The third kappa shape index (κ3) is 5.79. The molecule has 0 bridgehead atoms. The van der Waals surface area contributed by atoms with Crippen LogP contribution in [0.1, 0.15) is 25.3 Å². The number of hydrogen-bond donors (Lipinski definition) is 2. The summed E-state index contributed by atoms with van der Waals surface area (Å²) in [5.74, 6) is -0.157. The lowest BCUT2D eigenvalue weighted by atomic mass is 10.2. The highest BCUT2D eigenvalue weighted by Gasteiger charge is 2.23. The van der Waals surface area contributed by atoms with Crippen molar-refractivity contribution in [3.63, 3.8) is 0 Å². The number of pyridine rings is 1. The van der Waals surface area contributed by atoms with Crippen LogP contribution in [-0.4, -0.2) is 41.1 Å². The molecule has 27 heavy (non-hydrogen) atoms. The second kappa shape index (κ2) is 9.14. The summed E-state index contributed by atoms with van der Waals surface area (Å²) in [5.41, 5.74) is 2.21. The Kier molecular flexibility index (Phi) is 6.38. The van der Waals surface area contributed by atoms with Gasteiger partial charge in [-0.1, -0.05) is 12.1 Å². The molecular formula is C20H24N4O3. The molecule has 0 radical (unpaired) electrons. The Morgan fingerprint density at radius 3 is 2.70 bits per heavy atom. The van der Waals surface area contributed by atoms with Crippen LogP contribution in [0.2, 0.25) is 0 Å². The molecule has 3 rings (SSSR count). The third-order valence-electron chi connectivity index (χ3n) is 4.27. The fourth-order valence-electron chi connectivity index (χ4n) is 3.05. The molecule has 7 heteroatoms. The van der Waals surface area contributed by atoms with Crippen molar-refractivity contribution in [1.82, 2.24) is 9.88 Å². The highest BCUT2D eigenvalue weighted by Crippen LogP contribution is 2.18. The number of urea groups is 1. The predicted octanol–water partition coefficient (Wildman–Crippen LogP) is 3.25. The molecule has 1 saturated heterocycles. The van der Waals surface area contributed by atoms with E-state index in [1.54, 1.807) is 41.6 Å². The number of amides is 3. The number of nitrogens with zero attached hydrogens (tertiary/aromatic N) is 2. The van der Waals surface area contributed by atoms with Gasteiger partial charge in [0.15, 0.2) is 0 Å². The molecule has 1 unspecified atom stereocenters. The molecule has 1 aromatic heterocycles. The quantitative estimate of drug-likeness (QED) is 0.820. The maximum Gasteiger partial charge on any atom is 0.322 e. The van der Waals surface area contributed by atoms with E-state index in [2.05, 4.69) is 15.6 Å². The van der Waals surface area contributed by atoms with Gasteiger partial charge in [0, 0.05) is 50.4 Å². The van der Waals surface area contributed by atoms with E-state index < -0.39 is 0 Å². The molecule has 2 aromatic rings. The molecule has 3 amide bonds. The number of carbonyl (C=O) groups is 2.